The number of nitrogens with one attached hydrogen (secondary N) is 2. The van der Waals surface area contributed by atoms with Crippen molar-refractivity contribution in [3.63, 3.8) is 0 Å². The van der Waals surface area contributed by atoms with Crippen molar-refractivity contribution >= 4 is 17.7 Å². The molecule has 0 aromatic heterocycles. The molecule has 0 saturated carbocycles. The van der Waals surface area contributed by atoms with Crippen molar-refractivity contribution in [2.45, 2.75) is 26.8 Å². The topological polar surface area (TPSA) is 78.4 Å². The molecule has 0 aliphatic carbocycles. The molecule has 0 aliphatic heterocycles. The first kappa shape index (κ1) is 14.9. The number of hydrogen-bond acceptors (Lipinski definition) is 2. The maximum absolute atomic E-state index is 12.9. The van der Waals surface area contributed by atoms with Crippen LogP contribution in [0.25, 0.3) is 0 Å². The van der Waals surface area contributed by atoms with Crippen molar-refractivity contribution in [2.24, 2.45) is 5.92 Å². The summed E-state index contributed by atoms with van der Waals surface area (Å²) >= 11 is 0. The number of benzene rings is 1. The third-order valence-electron chi connectivity index (χ3n) is 2.93. The monoisotopic (exact) mass is 268 g/mol. The largest absolute Gasteiger partial charge is 0.481 e. The van der Waals surface area contributed by atoms with Gasteiger partial charge in [0.2, 0.25) is 0 Å². The quantitative estimate of drug-likeness (QED) is 0.784. The van der Waals surface area contributed by atoms with Gasteiger partial charge in [0.15, 0.2) is 0 Å². The van der Waals surface area contributed by atoms with E-state index >= 15 is 0 Å². The van der Waals surface area contributed by atoms with Crippen LogP contribution in [0.15, 0.2) is 18.2 Å². The number of rotatable bonds is 4. The van der Waals surface area contributed by atoms with Crippen molar-refractivity contribution in [3.05, 3.63) is 29.6 Å². The molecular weight excluding hydrogens is 251 g/mol. The summed E-state index contributed by atoms with van der Waals surface area (Å²) in [6, 6.07) is 2.97. The normalized spacial score (nSPS) is 13.5. The molecule has 0 aliphatic rings. The average Bonchev–Trinajstić information content (AvgIpc) is 2.31. The minimum absolute atomic E-state index is 0.378. The zero-order valence-corrected chi connectivity index (χ0v) is 11.0. The van der Waals surface area contributed by atoms with Gasteiger partial charge in [-0.15, -0.1) is 0 Å². The molecule has 104 valence electrons. The number of carboxylic acid groups (broad SMARTS) is 1. The van der Waals surface area contributed by atoms with E-state index in [9.17, 15) is 14.0 Å². The highest BCUT2D eigenvalue weighted by molar-refractivity contribution is 5.90. The number of aryl methyl sites for hydroxylation is 1. The molecule has 2 atom stereocenters. The minimum Gasteiger partial charge on any atom is -0.481 e. The van der Waals surface area contributed by atoms with E-state index in [4.69, 9.17) is 5.11 Å². The molecule has 0 bridgehead atoms. The van der Waals surface area contributed by atoms with Gasteiger partial charge in [0.25, 0.3) is 0 Å². The molecule has 0 spiro atoms. The van der Waals surface area contributed by atoms with Crippen molar-refractivity contribution in [1.29, 1.82) is 0 Å². The van der Waals surface area contributed by atoms with Gasteiger partial charge in [-0.2, -0.15) is 0 Å². The van der Waals surface area contributed by atoms with E-state index in [-0.39, 0.29) is 5.82 Å². The number of carbonyl (C=O) groups is 2. The molecule has 1 aromatic rings. The van der Waals surface area contributed by atoms with Crippen LogP contribution < -0.4 is 10.6 Å². The Morgan fingerprint density at radius 2 is 1.95 bits per heavy atom. The van der Waals surface area contributed by atoms with Crippen LogP contribution in [0.2, 0.25) is 0 Å². The Bertz CT molecular complexity index is 491. The minimum atomic E-state index is -0.981. The summed E-state index contributed by atoms with van der Waals surface area (Å²) in [7, 11) is 0. The highest BCUT2D eigenvalue weighted by Crippen LogP contribution is 2.15. The fourth-order valence-electron chi connectivity index (χ4n) is 1.47. The number of urea groups is 1. The number of hydrogen-bond donors (Lipinski definition) is 3. The zero-order valence-electron chi connectivity index (χ0n) is 11.0. The van der Waals surface area contributed by atoms with Crippen molar-refractivity contribution < 1.29 is 19.1 Å². The highest BCUT2D eigenvalue weighted by atomic mass is 19.1. The Morgan fingerprint density at radius 1 is 1.32 bits per heavy atom. The SMILES string of the molecule is Cc1cc(F)ccc1NC(=O)NC(C)C(C)C(=O)O. The molecule has 0 radical (unpaired) electrons. The lowest BCUT2D eigenvalue weighted by molar-refractivity contribution is -0.141. The van der Waals surface area contributed by atoms with E-state index in [2.05, 4.69) is 10.6 Å². The second-order valence-electron chi connectivity index (χ2n) is 4.47. The van der Waals surface area contributed by atoms with Gasteiger partial charge in [-0.05, 0) is 44.5 Å². The number of halogens is 1. The van der Waals surface area contributed by atoms with Crippen LogP contribution in [0.3, 0.4) is 0 Å². The molecule has 5 nitrogen and oxygen atoms in total. The summed E-state index contributed by atoms with van der Waals surface area (Å²) in [4.78, 5) is 22.4. The second kappa shape index (κ2) is 6.17. The van der Waals surface area contributed by atoms with Crippen LogP contribution in [0.4, 0.5) is 14.9 Å². The van der Waals surface area contributed by atoms with Gasteiger partial charge in [-0.3, -0.25) is 4.79 Å². The van der Waals surface area contributed by atoms with E-state index in [1.165, 1.54) is 25.1 Å². The lowest BCUT2D eigenvalue weighted by atomic mass is 10.0. The first-order valence-electron chi connectivity index (χ1n) is 5.87. The van der Waals surface area contributed by atoms with Crippen LogP contribution in [0.1, 0.15) is 19.4 Å². The Balaban J connectivity index is 2.63. The lowest BCUT2D eigenvalue weighted by Crippen LogP contribution is -2.42. The number of anilines is 1. The Labute approximate surface area is 110 Å². The van der Waals surface area contributed by atoms with Crippen molar-refractivity contribution in [1.82, 2.24) is 5.32 Å². The number of carboxylic acids is 1. The summed E-state index contributed by atoms with van der Waals surface area (Å²) in [5.74, 6) is -2.05. The van der Waals surface area contributed by atoms with Gasteiger partial charge in [0, 0.05) is 11.7 Å². The summed E-state index contributed by atoms with van der Waals surface area (Å²) < 4.78 is 12.9. The van der Waals surface area contributed by atoms with Gasteiger partial charge in [-0.1, -0.05) is 0 Å². The van der Waals surface area contributed by atoms with Crippen LogP contribution in [-0.4, -0.2) is 23.1 Å². The van der Waals surface area contributed by atoms with E-state index in [1.807, 2.05) is 0 Å². The van der Waals surface area contributed by atoms with Crippen LogP contribution in [0, 0.1) is 18.7 Å². The molecule has 0 saturated heterocycles. The molecule has 0 heterocycles. The van der Waals surface area contributed by atoms with E-state index in [0.717, 1.165) is 0 Å². The summed E-state index contributed by atoms with van der Waals surface area (Å²) in [6.07, 6.45) is 0. The second-order valence-corrected chi connectivity index (χ2v) is 4.47. The smallest absolute Gasteiger partial charge is 0.319 e. The highest BCUT2D eigenvalue weighted by Gasteiger charge is 2.21. The summed E-state index contributed by atoms with van der Waals surface area (Å²) in [6.45, 7) is 4.79. The maximum Gasteiger partial charge on any atom is 0.319 e. The van der Waals surface area contributed by atoms with Gasteiger partial charge in [-0.25, -0.2) is 9.18 Å². The maximum atomic E-state index is 12.9. The molecule has 2 unspecified atom stereocenters. The molecule has 19 heavy (non-hydrogen) atoms. The molecule has 6 heteroatoms. The van der Waals surface area contributed by atoms with Crippen LogP contribution >= 0.6 is 0 Å². The predicted molar refractivity (Wildman–Crippen MR) is 69.6 cm³/mol. The van der Waals surface area contributed by atoms with Crippen molar-refractivity contribution in [3.8, 4) is 0 Å². The predicted octanol–water partition coefficient (Wildman–Crippen LogP) is 2.36. The van der Waals surface area contributed by atoms with E-state index in [0.29, 0.717) is 11.3 Å². The summed E-state index contributed by atoms with van der Waals surface area (Å²) in [5.41, 5.74) is 1.07. The first-order chi connectivity index (χ1) is 8.81. The molecule has 0 fully saturated rings. The van der Waals surface area contributed by atoms with Crippen LogP contribution in [0.5, 0.6) is 0 Å². The van der Waals surface area contributed by atoms with Gasteiger partial charge in [0.1, 0.15) is 5.82 Å². The molecule has 1 rings (SSSR count). The molecular formula is C13H17FN2O3. The molecule has 2 amide bonds. The third kappa shape index (κ3) is 4.24. The fourth-order valence-corrected chi connectivity index (χ4v) is 1.47. The lowest BCUT2D eigenvalue weighted by Gasteiger charge is -2.18. The van der Waals surface area contributed by atoms with Gasteiger partial charge < -0.3 is 15.7 Å². The molecule has 1 aromatic carbocycles. The molecule has 3 N–H and O–H groups in total. The summed E-state index contributed by atoms with van der Waals surface area (Å²) in [5, 5.41) is 13.9. The van der Waals surface area contributed by atoms with Gasteiger partial charge >= 0.3 is 12.0 Å². The number of amides is 2. The fraction of sp³-hybridized carbons (Fsp3) is 0.385. The first-order valence-corrected chi connectivity index (χ1v) is 5.87. The Kier molecular flexibility index (Phi) is 4.86. The zero-order chi connectivity index (χ0) is 14.6. The van der Waals surface area contributed by atoms with Crippen LogP contribution in [-0.2, 0) is 4.79 Å². The number of aliphatic carboxylic acids is 1. The average molecular weight is 268 g/mol. The van der Waals surface area contributed by atoms with E-state index in [1.54, 1.807) is 13.8 Å². The van der Waals surface area contributed by atoms with Gasteiger partial charge in [0.05, 0.1) is 5.92 Å². The number of carbonyl (C=O) groups excluding carboxylic acids is 1. The standard InChI is InChI=1S/C13H17FN2O3/c1-7-6-10(14)4-5-11(7)16-13(19)15-9(3)8(2)12(17)18/h4-6,8-9H,1-3H3,(H,17,18)(H2,15,16,19). The third-order valence-corrected chi connectivity index (χ3v) is 2.93. The Morgan fingerprint density at radius 3 is 2.47 bits per heavy atom. The Hall–Kier alpha value is -2.11. The van der Waals surface area contributed by atoms with Crippen molar-refractivity contribution in [2.75, 3.05) is 5.32 Å². The van der Waals surface area contributed by atoms with E-state index < -0.39 is 24.0 Å².